The zero-order chi connectivity index (χ0) is 20.6. The molecule has 0 atom stereocenters. The second-order valence-corrected chi connectivity index (χ2v) is 5.74. The van der Waals surface area contributed by atoms with Crippen LogP contribution in [-0.4, -0.2) is 39.6 Å². The molecule has 6 nitrogen and oxygen atoms in total. The van der Waals surface area contributed by atoms with E-state index >= 15 is 0 Å². The normalized spacial score (nSPS) is 10.7. The minimum absolute atomic E-state index is 0. The van der Waals surface area contributed by atoms with E-state index in [0.717, 1.165) is 17.7 Å². The highest BCUT2D eigenvalue weighted by atomic mass is 35.5. The maximum Gasteiger partial charge on any atom is 0.573 e. The van der Waals surface area contributed by atoms with Crippen molar-refractivity contribution in [1.82, 2.24) is 5.32 Å². The van der Waals surface area contributed by atoms with Crippen LogP contribution >= 0.6 is 0 Å². The van der Waals surface area contributed by atoms with E-state index in [4.69, 9.17) is 9.47 Å². The average Bonchev–Trinajstić information content (AvgIpc) is 2.65. The number of carbonyl (C=O) groups excluding carboxylic acids is 1. The van der Waals surface area contributed by atoms with Gasteiger partial charge in [-0.15, -0.1) is 13.2 Å². The Morgan fingerprint density at radius 1 is 1.00 bits per heavy atom. The maximum absolute atomic E-state index is 12.1. The summed E-state index contributed by atoms with van der Waals surface area (Å²) in [4.78, 5) is 11.9. The lowest BCUT2D eigenvalue weighted by atomic mass is 10.1. The van der Waals surface area contributed by atoms with Crippen LogP contribution in [0.25, 0.3) is 0 Å². The standard InChI is InChI=1S/C19H21F3N2O4.ClH/c1-26-16-8-3-13(11-17(16)27-2)9-10-23-12-18(25)24-14-4-6-15(7-5-14)28-19(20,21)22;/h3-8,11,23H,9-10,12H2,1-2H3,(H,24,25);1H/p-1. The fourth-order valence-corrected chi connectivity index (χ4v) is 2.42. The molecule has 160 valence electrons. The summed E-state index contributed by atoms with van der Waals surface area (Å²) in [6.45, 7) is 0.620. The number of hydrogen-bond acceptors (Lipinski definition) is 5. The van der Waals surface area contributed by atoms with Crippen molar-refractivity contribution in [3.05, 3.63) is 48.0 Å². The molecule has 0 spiro atoms. The van der Waals surface area contributed by atoms with Crippen molar-refractivity contribution >= 4 is 11.6 Å². The molecule has 0 heterocycles. The molecule has 0 aromatic heterocycles. The molecule has 0 saturated heterocycles. The van der Waals surface area contributed by atoms with Crippen molar-refractivity contribution in [2.24, 2.45) is 0 Å². The Morgan fingerprint density at radius 3 is 2.24 bits per heavy atom. The van der Waals surface area contributed by atoms with Gasteiger partial charge >= 0.3 is 6.36 Å². The van der Waals surface area contributed by atoms with Gasteiger partial charge in [-0.2, -0.15) is 0 Å². The monoisotopic (exact) mass is 433 g/mol. The second kappa shape index (κ2) is 11.4. The molecule has 0 aliphatic heterocycles. The Morgan fingerprint density at radius 2 is 1.66 bits per heavy atom. The second-order valence-electron chi connectivity index (χ2n) is 5.74. The van der Waals surface area contributed by atoms with Crippen molar-refractivity contribution < 1.29 is 44.6 Å². The van der Waals surface area contributed by atoms with E-state index in [1.165, 1.54) is 12.1 Å². The topological polar surface area (TPSA) is 68.8 Å². The van der Waals surface area contributed by atoms with Crippen LogP contribution in [0.15, 0.2) is 42.5 Å². The summed E-state index contributed by atoms with van der Waals surface area (Å²) >= 11 is 0. The molecule has 0 bridgehead atoms. The van der Waals surface area contributed by atoms with Crippen LogP contribution in [0.4, 0.5) is 18.9 Å². The number of nitrogens with one attached hydrogen (secondary N) is 2. The van der Waals surface area contributed by atoms with Gasteiger partial charge in [0, 0.05) is 5.69 Å². The number of anilines is 1. The lowest BCUT2D eigenvalue weighted by molar-refractivity contribution is -0.274. The molecule has 29 heavy (non-hydrogen) atoms. The van der Waals surface area contributed by atoms with Gasteiger partial charge in [-0.25, -0.2) is 0 Å². The zero-order valence-electron chi connectivity index (χ0n) is 15.8. The number of hydrogen-bond donors (Lipinski definition) is 2. The molecule has 2 aromatic carbocycles. The molecule has 0 aliphatic carbocycles. The molecule has 2 N–H and O–H groups in total. The number of methoxy groups -OCH3 is 2. The fourth-order valence-electron chi connectivity index (χ4n) is 2.42. The Labute approximate surface area is 172 Å². The van der Waals surface area contributed by atoms with E-state index < -0.39 is 6.36 Å². The quantitative estimate of drug-likeness (QED) is 0.560. The van der Waals surface area contributed by atoms with Crippen LogP contribution in [0.1, 0.15) is 5.56 Å². The first-order valence-electron chi connectivity index (χ1n) is 8.38. The summed E-state index contributed by atoms with van der Waals surface area (Å²) in [5.41, 5.74) is 1.40. The van der Waals surface area contributed by atoms with E-state index in [1.807, 2.05) is 18.2 Å². The van der Waals surface area contributed by atoms with Crippen LogP contribution in [0.2, 0.25) is 0 Å². The van der Waals surface area contributed by atoms with Gasteiger partial charge < -0.3 is 37.3 Å². The highest BCUT2D eigenvalue weighted by Crippen LogP contribution is 2.27. The first-order valence-corrected chi connectivity index (χ1v) is 8.38. The molecule has 1 amide bonds. The van der Waals surface area contributed by atoms with Crippen molar-refractivity contribution in [3.63, 3.8) is 0 Å². The highest BCUT2D eigenvalue weighted by Gasteiger charge is 2.30. The van der Waals surface area contributed by atoms with Gasteiger partial charge in [0.15, 0.2) is 11.5 Å². The molecule has 0 fully saturated rings. The molecule has 0 saturated carbocycles. The Hall–Kier alpha value is -2.65. The number of rotatable bonds is 9. The van der Waals surface area contributed by atoms with Crippen molar-refractivity contribution in [2.45, 2.75) is 12.8 Å². The number of amides is 1. The van der Waals surface area contributed by atoms with Crippen LogP contribution < -0.4 is 37.3 Å². The molecule has 2 aromatic rings. The van der Waals surface area contributed by atoms with Crippen LogP contribution in [0.3, 0.4) is 0 Å². The molecular formula is C19H21ClF3N2O4-. The molecule has 0 radical (unpaired) electrons. The summed E-state index contributed by atoms with van der Waals surface area (Å²) in [6, 6.07) is 10.5. The largest absolute Gasteiger partial charge is 1.00 e. The van der Waals surface area contributed by atoms with Gasteiger partial charge in [-0.1, -0.05) is 6.07 Å². The Bertz CT molecular complexity index is 786. The Balaban J connectivity index is 0.00000420. The third kappa shape index (κ3) is 8.49. The maximum atomic E-state index is 12.1. The Kier molecular flexibility index (Phi) is 9.57. The van der Waals surface area contributed by atoms with Crippen molar-refractivity contribution in [3.8, 4) is 17.2 Å². The van der Waals surface area contributed by atoms with Crippen LogP contribution in [0.5, 0.6) is 17.2 Å². The van der Waals surface area contributed by atoms with Gasteiger partial charge in [0.2, 0.25) is 5.91 Å². The van der Waals surface area contributed by atoms with E-state index in [9.17, 15) is 18.0 Å². The van der Waals surface area contributed by atoms with E-state index in [-0.39, 0.29) is 30.6 Å². The van der Waals surface area contributed by atoms with Gasteiger partial charge in [0.1, 0.15) is 5.75 Å². The van der Waals surface area contributed by atoms with Gasteiger partial charge in [-0.05, 0) is 54.9 Å². The van der Waals surface area contributed by atoms with E-state index in [2.05, 4.69) is 15.4 Å². The predicted octanol–water partition coefficient (Wildman–Crippen LogP) is 0.377. The number of benzene rings is 2. The van der Waals surface area contributed by atoms with E-state index in [1.54, 1.807) is 14.2 Å². The molecular weight excluding hydrogens is 413 g/mol. The van der Waals surface area contributed by atoms with Crippen molar-refractivity contribution in [1.29, 1.82) is 0 Å². The third-order valence-corrected chi connectivity index (χ3v) is 3.70. The van der Waals surface area contributed by atoms with Gasteiger partial charge in [-0.3, -0.25) is 4.79 Å². The summed E-state index contributed by atoms with van der Waals surface area (Å²) in [5.74, 6) is 0.622. The first-order chi connectivity index (χ1) is 13.3. The zero-order valence-corrected chi connectivity index (χ0v) is 16.6. The first kappa shape index (κ1) is 24.4. The summed E-state index contributed by atoms with van der Waals surface area (Å²) in [7, 11) is 3.13. The smallest absolute Gasteiger partial charge is 0.573 e. The molecule has 10 heteroatoms. The molecule has 0 aliphatic rings. The van der Waals surface area contributed by atoms with Gasteiger partial charge in [0.05, 0.1) is 20.8 Å². The minimum atomic E-state index is -4.75. The predicted molar refractivity (Wildman–Crippen MR) is 97.9 cm³/mol. The number of alkyl halides is 3. The summed E-state index contributed by atoms with van der Waals surface area (Å²) in [5, 5.41) is 5.59. The summed E-state index contributed by atoms with van der Waals surface area (Å²) < 4.78 is 50.5. The number of ether oxygens (including phenoxy) is 3. The molecule has 0 unspecified atom stereocenters. The van der Waals surface area contributed by atoms with Crippen LogP contribution in [-0.2, 0) is 11.2 Å². The average molecular weight is 434 g/mol. The highest BCUT2D eigenvalue weighted by molar-refractivity contribution is 5.92. The van der Waals surface area contributed by atoms with Crippen LogP contribution in [0, 0.1) is 0 Å². The SMILES string of the molecule is COc1ccc(CCNCC(=O)Nc2ccc(OC(F)(F)F)cc2)cc1OC.[Cl-]. The van der Waals surface area contributed by atoms with E-state index in [0.29, 0.717) is 30.2 Å². The lowest BCUT2D eigenvalue weighted by Crippen LogP contribution is -3.00. The lowest BCUT2D eigenvalue weighted by Gasteiger charge is -2.11. The third-order valence-electron chi connectivity index (χ3n) is 3.70. The molecule has 2 rings (SSSR count). The summed E-state index contributed by atoms with van der Waals surface area (Å²) in [6.07, 6.45) is -4.07. The van der Waals surface area contributed by atoms with Gasteiger partial charge in [0.25, 0.3) is 0 Å². The fraction of sp³-hybridized carbons (Fsp3) is 0.316. The minimum Gasteiger partial charge on any atom is -1.00 e. The number of halogens is 4. The number of carbonyl (C=O) groups is 1. The van der Waals surface area contributed by atoms with Crippen molar-refractivity contribution in [2.75, 3.05) is 32.6 Å².